The summed E-state index contributed by atoms with van der Waals surface area (Å²) in [6.45, 7) is 5.72. The number of pyridine rings is 1. The Morgan fingerprint density at radius 2 is 2.14 bits per heavy atom. The highest BCUT2D eigenvalue weighted by atomic mass is 16.6. The Labute approximate surface area is 123 Å². The van der Waals surface area contributed by atoms with Crippen LogP contribution in [0.3, 0.4) is 0 Å². The lowest BCUT2D eigenvalue weighted by Gasteiger charge is -2.19. The van der Waals surface area contributed by atoms with Crippen LogP contribution >= 0.6 is 0 Å². The van der Waals surface area contributed by atoms with Crippen molar-refractivity contribution >= 4 is 12.1 Å². The van der Waals surface area contributed by atoms with E-state index >= 15 is 0 Å². The zero-order valence-corrected chi connectivity index (χ0v) is 12.3. The molecule has 0 aliphatic carbocycles. The van der Waals surface area contributed by atoms with Crippen LogP contribution in [0.4, 0.5) is 4.79 Å². The number of ether oxygens (including phenoxy) is 1. The number of amides is 1. The van der Waals surface area contributed by atoms with Gasteiger partial charge in [0, 0.05) is 24.7 Å². The topological polar surface area (TPSA) is 88.5 Å². The Morgan fingerprint density at radius 1 is 1.43 bits per heavy atom. The molecule has 0 unspecified atom stereocenters. The number of aromatic nitrogens is 1. The molecule has 1 aromatic rings. The molecule has 0 saturated carbocycles. The van der Waals surface area contributed by atoms with Crippen molar-refractivity contribution in [2.75, 3.05) is 6.54 Å². The Balaban J connectivity index is 2.42. The van der Waals surface area contributed by atoms with Gasteiger partial charge in [0.1, 0.15) is 11.3 Å². The zero-order chi connectivity index (χ0) is 15.9. The van der Waals surface area contributed by atoms with Crippen molar-refractivity contribution in [1.29, 1.82) is 0 Å². The number of aromatic carboxylic acids is 1. The summed E-state index contributed by atoms with van der Waals surface area (Å²) in [4.78, 5) is 25.8. The van der Waals surface area contributed by atoms with E-state index in [4.69, 9.17) is 9.84 Å². The number of carboxylic acids is 1. The third-order valence-corrected chi connectivity index (χ3v) is 2.13. The summed E-state index contributed by atoms with van der Waals surface area (Å²) >= 11 is 0. The van der Waals surface area contributed by atoms with Gasteiger partial charge in [-0.25, -0.2) is 14.6 Å². The van der Waals surface area contributed by atoms with E-state index in [2.05, 4.69) is 22.1 Å². The molecule has 0 fully saturated rings. The molecular weight excluding hydrogens is 272 g/mol. The summed E-state index contributed by atoms with van der Waals surface area (Å²) in [6.07, 6.45) is 1.34. The van der Waals surface area contributed by atoms with Crippen molar-refractivity contribution in [1.82, 2.24) is 10.3 Å². The molecule has 112 valence electrons. The second kappa shape index (κ2) is 7.29. The van der Waals surface area contributed by atoms with Gasteiger partial charge >= 0.3 is 12.1 Å². The van der Waals surface area contributed by atoms with E-state index in [-0.39, 0.29) is 5.69 Å². The Morgan fingerprint density at radius 3 is 2.76 bits per heavy atom. The van der Waals surface area contributed by atoms with Gasteiger partial charge in [-0.1, -0.05) is 11.8 Å². The molecule has 0 spiro atoms. The summed E-state index contributed by atoms with van der Waals surface area (Å²) in [5, 5.41) is 11.4. The molecule has 0 bridgehead atoms. The fourth-order valence-electron chi connectivity index (χ4n) is 1.33. The van der Waals surface area contributed by atoms with Gasteiger partial charge in [-0.3, -0.25) is 0 Å². The molecule has 0 radical (unpaired) electrons. The van der Waals surface area contributed by atoms with E-state index in [1.54, 1.807) is 26.8 Å². The van der Waals surface area contributed by atoms with Crippen molar-refractivity contribution in [3.05, 3.63) is 29.6 Å². The number of rotatable bonds is 3. The third-order valence-electron chi connectivity index (χ3n) is 2.13. The number of hydrogen-bond donors (Lipinski definition) is 2. The predicted octanol–water partition coefficient (Wildman–Crippen LogP) is 2.05. The maximum absolute atomic E-state index is 11.4. The van der Waals surface area contributed by atoms with E-state index in [1.807, 2.05) is 0 Å². The fraction of sp³-hybridized carbons (Fsp3) is 0.400. The molecule has 1 aromatic heterocycles. The quantitative estimate of drug-likeness (QED) is 0.657. The van der Waals surface area contributed by atoms with Crippen LogP contribution in [0.2, 0.25) is 0 Å². The SMILES string of the molecule is CC(C)(C)OC(=O)NCCC#Cc1ccnc(C(=O)O)c1. The molecule has 6 nitrogen and oxygen atoms in total. The van der Waals surface area contributed by atoms with Gasteiger partial charge in [-0.05, 0) is 32.9 Å². The highest BCUT2D eigenvalue weighted by Crippen LogP contribution is 2.06. The van der Waals surface area contributed by atoms with Crippen LogP contribution in [0.25, 0.3) is 0 Å². The molecule has 6 heteroatoms. The first-order chi connectivity index (χ1) is 9.78. The summed E-state index contributed by atoms with van der Waals surface area (Å²) in [5.74, 6) is 4.57. The lowest BCUT2D eigenvalue weighted by atomic mass is 10.2. The smallest absolute Gasteiger partial charge is 0.407 e. The summed E-state index contributed by atoms with van der Waals surface area (Å²) in [5.41, 5.74) is -0.00613. The molecule has 1 rings (SSSR count). The summed E-state index contributed by atoms with van der Waals surface area (Å²) in [6, 6.07) is 3.03. The molecular formula is C15H18N2O4. The first kappa shape index (κ1) is 16.5. The fourth-order valence-corrected chi connectivity index (χ4v) is 1.33. The normalized spacial score (nSPS) is 10.2. The average Bonchev–Trinajstić information content (AvgIpc) is 2.36. The highest BCUT2D eigenvalue weighted by Gasteiger charge is 2.15. The van der Waals surface area contributed by atoms with Crippen LogP contribution in [0.1, 0.15) is 43.2 Å². The highest BCUT2D eigenvalue weighted by molar-refractivity contribution is 5.85. The van der Waals surface area contributed by atoms with Gasteiger partial charge < -0.3 is 15.2 Å². The van der Waals surface area contributed by atoms with E-state index in [9.17, 15) is 9.59 Å². The number of carbonyl (C=O) groups excluding carboxylic acids is 1. The lowest BCUT2D eigenvalue weighted by molar-refractivity contribution is 0.0528. The van der Waals surface area contributed by atoms with E-state index in [1.165, 1.54) is 12.3 Å². The third kappa shape index (κ3) is 6.97. The minimum absolute atomic E-state index is 0.0475. The van der Waals surface area contributed by atoms with Crippen LogP contribution in [-0.2, 0) is 4.74 Å². The number of nitrogens with one attached hydrogen (secondary N) is 1. The van der Waals surface area contributed by atoms with E-state index in [0.29, 0.717) is 18.5 Å². The number of alkyl carbamates (subject to hydrolysis) is 1. The van der Waals surface area contributed by atoms with Crippen LogP contribution in [0, 0.1) is 11.8 Å². The number of carboxylic acid groups (broad SMARTS) is 1. The van der Waals surface area contributed by atoms with Crippen molar-refractivity contribution in [3.63, 3.8) is 0 Å². The first-order valence-corrected chi connectivity index (χ1v) is 6.43. The molecule has 0 aromatic carbocycles. The van der Waals surface area contributed by atoms with Crippen LogP contribution in [-0.4, -0.2) is 34.3 Å². The van der Waals surface area contributed by atoms with Crippen molar-refractivity contribution in [2.45, 2.75) is 32.8 Å². The molecule has 21 heavy (non-hydrogen) atoms. The molecule has 2 N–H and O–H groups in total. The van der Waals surface area contributed by atoms with E-state index < -0.39 is 17.7 Å². The van der Waals surface area contributed by atoms with Crippen LogP contribution in [0.15, 0.2) is 18.3 Å². The largest absolute Gasteiger partial charge is 0.477 e. The van der Waals surface area contributed by atoms with Gasteiger partial charge in [-0.15, -0.1) is 0 Å². The van der Waals surface area contributed by atoms with Crippen LogP contribution < -0.4 is 5.32 Å². The van der Waals surface area contributed by atoms with Gasteiger partial charge in [0.2, 0.25) is 0 Å². The van der Waals surface area contributed by atoms with Gasteiger partial charge in [0.25, 0.3) is 0 Å². The monoisotopic (exact) mass is 290 g/mol. The van der Waals surface area contributed by atoms with Gasteiger partial charge in [0.05, 0.1) is 0 Å². The summed E-state index contributed by atoms with van der Waals surface area (Å²) in [7, 11) is 0. The number of hydrogen-bond acceptors (Lipinski definition) is 4. The lowest BCUT2D eigenvalue weighted by Crippen LogP contribution is -2.32. The maximum Gasteiger partial charge on any atom is 0.407 e. The minimum atomic E-state index is -1.09. The molecule has 1 heterocycles. The minimum Gasteiger partial charge on any atom is -0.477 e. The molecule has 0 saturated heterocycles. The first-order valence-electron chi connectivity index (χ1n) is 6.43. The maximum atomic E-state index is 11.4. The van der Waals surface area contributed by atoms with Crippen molar-refractivity contribution in [2.24, 2.45) is 0 Å². The van der Waals surface area contributed by atoms with Crippen molar-refractivity contribution in [3.8, 4) is 11.8 Å². The number of carbonyl (C=O) groups is 2. The zero-order valence-electron chi connectivity index (χ0n) is 12.3. The average molecular weight is 290 g/mol. The Bertz CT molecular complexity index is 579. The second-order valence-corrected chi connectivity index (χ2v) is 5.22. The van der Waals surface area contributed by atoms with Gasteiger partial charge in [-0.2, -0.15) is 0 Å². The Hall–Kier alpha value is -2.55. The van der Waals surface area contributed by atoms with Crippen LogP contribution in [0.5, 0.6) is 0 Å². The number of nitrogens with zero attached hydrogens (tertiary/aromatic N) is 1. The second-order valence-electron chi connectivity index (χ2n) is 5.22. The molecule has 0 aliphatic rings. The van der Waals surface area contributed by atoms with Gasteiger partial charge in [0.15, 0.2) is 0 Å². The Kier molecular flexibility index (Phi) is 5.73. The van der Waals surface area contributed by atoms with E-state index in [0.717, 1.165) is 0 Å². The predicted molar refractivity (Wildman–Crippen MR) is 76.9 cm³/mol. The van der Waals surface area contributed by atoms with Crippen molar-refractivity contribution < 1.29 is 19.4 Å². The summed E-state index contributed by atoms with van der Waals surface area (Å²) < 4.78 is 5.07. The standard InChI is InChI=1S/C15H18N2O4/c1-15(2,3)21-14(20)17-8-5-4-6-11-7-9-16-12(10-11)13(18)19/h7,9-10H,5,8H2,1-3H3,(H,17,20)(H,18,19). The molecule has 0 aliphatic heterocycles. The molecule has 1 amide bonds. The molecule has 0 atom stereocenters.